The van der Waals surface area contributed by atoms with Crippen LogP contribution in [0, 0.1) is 11.3 Å². The van der Waals surface area contributed by atoms with Gasteiger partial charge in [0.15, 0.2) is 0 Å². The summed E-state index contributed by atoms with van der Waals surface area (Å²) in [5.74, 6) is -0.126. The zero-order valence-electron chi connectivity index (χ0n) is 16.0. The summed E-state index contributed by atoms with van der Waals surface area (Å²) in [6.45, 7) is 8.41. The Kier molecular flexibility index (Phi) is 6.56. The van der Waals surface area contributed by atoms with Crippen LogP contribution in [0.5, 0.6) is 0 Å². The lowest BCUT2D eigenvalue weighted by atomic mass is 9.89. The molecule has 0 aliphatic rings. The van der Waals surface area contributed by atoms with Crippen LogP contribution in [0.3, 0.4) is 0 Å². The van der Waals surface area contributed by atoms with E-state index in [0.29, 0.717) is 19.0 Å². The van der Waals surface area contributed by atoms with E-state index >= 15 is 0 Å². The Morgan fingerprint density at radius 3 is 2.04 bits per heavy atom. The number of para-hydroxylation sites is 1. The molecule has 0 bridgehead atoms. The zero-order chi connectivity index (χ0) is 19.2. The van der Waals surface area contributed by atoms with Crippen LogP contribution in [0.4, 0.5) is 5.69 Å². The summed E-state index contributed by atoms with van der Waals surface area (Å²) >= 11 is 0. The molecule has 4 heteroatoms. The van der Waals surface area contributed by atoms with Gasteiger partial charge >= 0.3 is 0 Å². The van der Waals surface area contributed by atoms with Gasteiger partial charge in [0.05, 0.1) is 6.54 Å². The lowest BCUT2D eigenvalue weighted by Crippen LogP contribution is -2.50. The third-order valence-electron chi connectivity index (χ3n) is 4.27. The van der Waals surface area contributed by atoms with Crippen LogP contribution in [-0.2, 0) is 16.1 Å². The summed E-state index contributed by atoms with van der Waals surface area (Å²) in [5, 5.41) is 2.89. The standard InChI is InChI=1S/C22H28N2O2/c1-17(2)15-23-20(25)22(3,4)21(26)24(19-13-9-6-10-14-19)16-18-11-7-5-8-12-18/h5-14,17H,15-16H2,1-4H3,(H,23,25). The van der Waals surface area contributed by atoms with Gasteiger partial charge in [-0.25, -0.2) is 0 Å². The number of benzene rings is 2. The molecule has 138 valence electrons. The molecule has 0 heterocycles. The number of anilines is 1. The molecule has 4 nitrogen and oxygen atoms in total. The molecule has 0 atom stereocenters. The van der Waals surface area contributed by atoms with E-state index < -0.39 is 5.41 Å². The highest BCUT2D eigenvalue weighted by Crippen LogP contribution is 2.26. The Labute approximate surface area is 156 Å². The molecule has 0 radical (unpaired) electrons. The van der Waals surface area contributed by atoms with Crippen LogP contribution in [0.25, 0.3) is 0 Å². The van der Waals surface area contributed by atoms with Gasteiger partial charge in [0, 0.05) is 12.2 Å². The summed E-state index contributed by atoms with van der Waals surface area (Å²) in [6, 6.07) is 19.3. The van der Waals surface area contributed by atoms with Crippen molar-refractivity contribution in [1.82, 2.24) is 5.32 Å². The van der Waals surface area contributed by atoms with Crippen molar-refractivity contribution in [1.29, 1.82) is 0 Å². The SMILES string of the molecule is CC(C)CNC(=O)C(C)(C)C(=O)N(Cc1ccccc1)c1ccccc1. The number of nitrogens with one attached hydrogen (secondary N) is 1. The molecule has 2 aromatic carbocycles. The topological polar surface area (TPSA) is 49.4 Å². The molecule has 0 saturated carbocycles. The highest BCUT2D eigenvalue weighted by atomic mass is 16.2. The minimum atomic E-state index is -1.15. The lowest BCUT2D eigenvalue weighted by molar-refractivity contribution is -0.140. The molecular weight excluding hydrogens is 324 g/mol. The van der Waals surface area contributed by atoms with E-state index in [1.165, 1.54) is 0 Å². The quantitative estimate of drug-likeness (QED) is 0.765. The van der Waals surface area contributed by atoms with Crippen molar-refractivity contribution in [3.63, 3.8) is 0 Å². The average molecular weight is 352 g/mol. The predicted molar refractivity (Wildman–Crippen MR) is 106 cm³/mol. The van der Waals surface area contributed by atoms with E-state index in [1.54, 1.807) is 18.7 Å². The Bertz CT molecular complexity index is 724. The molecule has 2 rings (SSSR count). The monoisotopic (exact) mass is 352 g/mol. The van der Waals surface area contributed by atoms with Gasteiger partial charge in [-0.2, -0.15) is 0 Å². The minimum absolute atomic E-state index is 0.214. The molecule has 0 unspecified atom stereocenters. The van der Waals surface area contributed by atoms with Crippen molar-refractivity contribution < 1.29 is 9.59 Å². The molecular formula is C22H28N2O2. The van der Waals surface area contributed by atoms with Crippen molar-refractivity contribution in [2.45, 2.75) is 34.2 Å². The first-order valence-corrected chi connectivity index (χ1v) is 9.01. The second-order valence-corrected chi connectivity index (χ2v) is 7.44. The average Bonchev–Trinajstić information content (AvgIpc) is 2.65. The number of nitrogens with zero attached hydrogens (tertiary/aromatic N) is 1. The van der Waals surface area contributed by atoms with Crippen LogP contribution in [0.1, 0.15) is 33.3 Å². The summed E-state index contributed by atoms with van der Waals surface area (Å²) in [4.78, 5) is 27.6. The van der Waals surface area contributed by atoms with E-state index in [1.807, 2.05) is 74.5 Å². The third kappa shape index (κ3) is 4.94. The number of carbonyl (C=O) groups excluding carboxylic acids is 2. The second kappa shape index (κ2) is 8.65. The molecule has 2 amide bonds. The fraction of sp³-hybridized carbons (Fsp3) is 0.364. The highest BCUT2D eigenvalue weighted by molar-refractivity contribution is 6.10. The van der Waals surface area contributed by atoms with Crippen LogP contribution < -0.4 is 10.2 Å². The van der Waals surface area contributed by atoms with E-state index in [2.05, 4.69) is 5.32 Å². The number of carbonyl (C=O) groups is 2. The van der Waals surface area contributed by atoms with Crippen molar-refractivity contribution in [3.05, 3.63) is 66.2 Å². The highest BCUT2D eigenvalue weighted by Gasteiger charge is 2.39. The minimum Gasteiger partial charge on any atom is -0.355 e. The van der Waals surface area contributed by atoms with Gasteiger partial charge in [-0.3, -0.25) is 9.59 Å². The fourth-order valence-corrected chi connectivity index (χ4v) is 2.61. The number of hydrogen-bond donors (Lipinski definition) is 1. The molecule has 0 aromatic heterocycles. The third-order valence-corrected chi connectivity index (χ3v) is 4.27. The van der Waals surface area contributed by atoms with Crippen molar-refractivity contribution in [2.24, 2.45) is 11.3 Å². The van der Waals surface area contributed by atoms with Gasteiger partial charge < -0.3 is 10.2 Å². The van der Waals surface area contributed by atoms with Crippen LogP contribution in [-0.4, -0.2) is 18.4 Å². The van der Waals surface area contributed by atoms with Crippen molar-refractivity contribution >= 4 is 17.5 Å². The molecule has 0 spiro atoms. The van der Waals surface area contributed by atoms with Gasteiger partial charge in [-0.15, -0.1) is 0 Å². The normalized spacial score (nSPS) is 11.3. The molecule has 1 N–H and O–H groups in total. The largest absolute Gasteiger partial charge is 0.355 e. The molecule has 0 fully saturated rings. The first kappa shape index (κ1) is 19.7. The molecule has 0 aliphatic carbocycles. The maximum Gasteiger partial charge on any atom is 0.242 e. The number of rotatable bonds is 7. The first-order valence-electron chi connectivity index (χ1n) is 9.01. The van der Waals surface area contributed by atoms with E-state index in [0.717, 1.165) is 11.3 Å². The summed E-state index contributed by atoms with van der Waals surface area (Å²) in [7, 11) is 0. The number of amides is 2. The summed E-state index contributed by atoms with van der Waals surface area (Å²) in [5.41, 5.74) is 0.647. The van der Waals surface area contributed by atoms with E-state index in [9.17, 15) is 9.59 Å². The van der Waals surface area contributed by atoms with Gasteiger partial charge in [0.25, 0.3) is 0 Å². The van der Waals surface area contributed by atoms with Crippen molar-refractivity contribution in [2.75, 3.05) is 11.4 Å². The van der Waals surface area contributed by atoms with Crippen LogP contribution in [0.2, 0.25) is 0 Å². The predicted octanol–water partition coefficient (Wildman–Crippen LogP) is 4.02. The van der Waals surface area contributed by atoms with Crippen molar-refractivity contribution in [3.8, 4) is 0 Å². The van der Waals surface area contributed by atoms with E-state index in [-0.39, 0.29) is 11.8 Å². The summed E-state index contributed by atoms with van der Waals surface area (Å²) < 4.78 is 0. The second-order valence-electron chi connectivity index (χ2n) is 7.44. The van der Waals surface area contributed by atoms with Gasteiger partial charge in [0.2, 0.25) is 11.8 Å². The maximum atomic E-state index is 13.3. The molecule has 2 aromatic rings. The van der Waals surface area contributed by atoms with Crippen LogP contribution in [0.15, 0.2) is 60.7 Å². The maximum absolute atomic E-state index is 13.3. The summed E-state index contributed by atoms with van der Waals surface area (Å²) in [6.07, 6.45) is 0. The van der Waals surface area contributed by atoms with Crippen LogP contribution >= 0.6 is 0 Å². The fourth-order valence-electron chi connectivity index (χ4n) is 2.61. The van der Waals surface area contributed by atoms with Gasteiger partial charge in [0.1, 0.15) is 5.41 Å². The Balaban J connectivity index is 2.29. The first-order chi connectivity index (χ1) is 12.3. The Hall–Kier alpha value is -2.62. The van der Waals surface area contributed by atoms with Gasteiger partial charge in [-0.1, -0.05) is 62.4 Å². The number of hydrogen-bond acceptors (Lipinski definition) is 2. The molecule has 0 saturated heterocycles. The lowest BCUT2D eigenvalue weighted by Gasteiger charge is -2.31. The molecule has 0 aliphatic heterocycles. The molecule has 26 heavy (non-hydrogen) atoms. The van der Waals surface area contributed by atoms with Gasteiger partial charge in [-0.05, 0) is 37.5 Å². The smallest absolute Gasteiger partial charge is 0.242 e. The Morgan fingerprint density at radius 2 is 1.50 bits per heavy atom. The Morgan fingerprint density at radius 1 is 0.962 bits per heavy atom. The van der Waals surface area contributed by atoms with E-state index in [4.69, 9.17) is 0 Å². The zero-order valence-corrected chi connectivity index (χ0v) is 16.0.